The minimum Gasteiger partial charge on any atom is -0.342 e. The van der Waals surface area contributed by atoms with Crippen LogP contribution in [0, 0.1) is 5.92 Å². The second-order valence-electron chi connectivity index (χ2n) is 5.43. The summed E-state index contributed by atoms with van der Waals surface area (Å²) in [7, 11) is 0. The zero-order chi connectivity index (χ0) is 13.9. The van der Waals surface area contributed by atoms with Crippen LogP contribution >= 0.6 is 0 Å². The fourth-order valence-corrected chi connectivity index (χ4v) is 2.76. The number of benzene rings is 1. The molecule has 0 radical (unpaired) electrons. The number of hydrogen-bond donors (Lipinski definition) is 1. The molecule has 20 heavy (non-hydrogen) atoms. The van der Waals surface area contributed by atoms with Crippen LogP contribution in [0.4, 0.5) is 0 Å². The minimum absolute atomic E-state index is 0.236. The summed E-state index contributed by atoms with van der Waals surface area (Å²) >= 11 is 0. The van der Waals surface area contributed by atoms with Gasteiger partial charge in [0.15, 0.2) is 0 Å². The molecule has 1 saturated heterocycles. The Morgan fingerprint density at radius 3 is 3.05 bits per heavy atom. The molecule has 1 unspecified atom stereocenters. The average molecular weight is 269 g/mol. The third-order valence-corrected chi connectivity index (χ3v) is 3.97. The van der Waals surface area contributed by atoms with Crippen molar-refractivity contribution in [2.24, 2.45) is 11.7 Å². The Morgan fingerprint density at radius 2 is 2.25 bits per heavy atom. The Hall–Kier alpha value is -1.94. The Kier molecular flexibility index (Phi) is 3.65. The summed E-state index contributed by atoms with van der Waals surface area (Å²) in [6.07, 6.45) is 3.28. The van der Waals surface area contributed by atoms with Gasteiger partial charge in [-0.1, -0.05) is 18.2 Å². The van der Waals surface area contributed by atoms with Gasteiger partial charge in [-0.25, -0.2) is 0 Å². The van der Waals surface area contributed by atoms with Crippen molar-refractivity contribution in [3.63, 3.8) is 0 Å². The van der Waals surface area contributed by atoms with Crippen LogP contribution in [0.1, 0.15) is 12.0 Å². The van der Waals surface area contributed by atoms with Gasteiger partial charge in [0, 0.05) is 31.1 Å². The summed E-state index contributed by atoms with van der Waals surface area (Å²) in [6, 6.07) is 10.3. The molecule has 0 bridgehead atoms. The third-order valence-electron chi connectivity index (χ3n) is 3.97. The lowest BCUT2D eigenvalue weighted by atomic mass is 10.1. The monoisotopic (exact) mass is 269 g/mol. The summed E-state index contributed by atoms with van der Waals surface area (Å²) in [6.45, 7) is 2.18. The van der Waals surface area contributed by atoms with Crippen LogP contribution in [0.25, 0.3) is 10.9 Å². The van der Waals surface area contributed by atoms with Gasteiger partial charge in [0.05, 0.1) is 5.52 Å². The number of amides is 1. The summed E-state index contributed by atoms with van der Waals surface area (Å²) in [5.74, 6) is 0.570. The van der Waals surface area contributed by atoms with Crippen molar-refractivity contribution in [3.05, 3.63) is 42.1 Å². The van der Waals surface area contributed by atoms with E-state index in [2.05, 4.69) is 29.2 Å². The van der Waals surface area contributed by atoms with Crippen molar-refractivity contribution in [1.82, 2.24) is 9.88 Å². The number of pyridine rings is 1. The van der Waals surface area contributed by atoms with Gasteiger partial charge in [-0.2, -0.15) is 0 Å². The summed E-state index contributed by atoms with van der Waals surface area (Å²) < 4.78 is 0. The first kappa shape index (κ1) is 13.1. The molecule has 2 heterocycles. The molecule has 1 amide bonds. The number of carbonyl (C=O) groups is 1. The van der Waals surface area contributed by atoms with E-state index in [0.29, 0.717) is 18.9 Å². The van der Waals surface area contributed by atoms with E-state index in [4.69, 9.17) is 5.73 Å². The van der Waals surface area contributed by atoms with Crippen LogP contribution in [0.5, 0.6) is 0 Å². The molecule has 4 heteroatoms. The van der Waals surface area contributed by atoms with E-state index in [0.717, 1.165) is 30.4 Å². The first-order valence-electron chi connectivity index (χ1n) is 7.08. The number of carbonyl (C=O) groups excluding carboxylic acids is 1. The van der Waals surface area contributed by atoms with Gasteiger partial charge in [-0.05, 0) is 36.6 Å². The molecule has 2 N–H and O–H groups in total. The van der Waals surface area contributed by atoms with Crippen molar-refractivity contribution >= 4 is 16.8 Å². The fourth-order valence-electron chi connectivity index (χ4n) is 2.76. The van der Waals surface area contributed by atoms with Crippen LogP contribution in [-0.2, 0) is 11.2 Å². The molecule has 0 spiro atoms. The van der Waals surface area contributed by atoms with Gasteiger partial charge in [0.25, 0.3) is 0 Å². The van der Waals surface area contributed by atoms with Crippen LogP contribution in [0.15, 0.2) is 36.5 Å². The van der Waals surface area contributed by atoms with Gasteiger partial charge in [-0.15, -0.1) is 0 Å². The van der Waals surface area contributed by atoms with Crippen LogP contribution in [0.3, 0.4) is 0 Å². The lowest BCUT2D eigenvalue weighted by Gasteiger charge is -2.16. The SMILES string of the molecule is NCC1CC(=O)N(CCc2ccc3cccnc3c2)C1. The van der Waals surface area contributed by atoms with Crippen molar-refractivity contribution in [2.75, 3.05) is 19.6 Å². The first-order valence-corrected chi connectivity index (χ1v) is 7.08. The second kappa shape index (κ2) is 5.59. The van der Waals surface area contributed by atoms with E-state index in [1.807, 2.05) is 17.2 Å². The second-order valence-corrected chi connectivity index (χ2v) is 5.43. The number of nitrogens with zero attached hydrogens (tertiary/aromatic N) is 2. The zero-order valence-electron chi connectivity index (χ0n) is 11.5. The van der Waals surface area contributed by atoms with E-state index in [1.54, 1.807) is 0 Å². The fraction of sp³-hybridized carbons (Fsp3) is 0.375. The quantitative estimate of drug-likeness (QED) is 0.917. The molecule has 1 aromatic carbocycles. The maximum atomic E-state index is 11.8. The number of fused-ring (bicyclic) bond motifs is 1. The van der Waals surface area contributed by atoms with E-state index >= 15 is 0 Å². The summed E-state index contributed by atoms with van der Waals surface area (Å²) in [5.41, 5.74) is 7.87. The molecular formula is C16H19N3O. The van der Waals surface area contributed by atoms with E-state index in [9.17, 15) is 4.79 Å². The highest BCUT2D eigenvalue weighted by Crippen LogP contribution is 2.18. The van der Waals surface area contributed by atoms with Gasteiger partial charge in [-0.3, -0.25) is 9.78 Å². The van der Waals surface area contributed by atoms with E-state index in [-0.39, 0.29) is 5.91 Å². The van der Waals surface area contributed by atoms with Gasteiger partial charge >= 0.3 is 0 Å². The van der Waals surface area contributed by atoms with Crippen molar-refractivity contribution in [2.45, 2.75) is 12.8 Å². The maximum Gasteiger partial charge on any atom is 0.222 e. The maximum absolute atomic E-state index is 11.8. The molecule has 1 atom stereocenters. The third kappa shape index (κ3) is 2.65. The lowest BCUT2D eigenvalue weighted by Crippen LogP contribution is -2.28. The standard InChI is InChI=1S/C16H19N3O/c17-10-13-9-16(20)19(11-13)7-5-12-3-4-14-2-1-6-18-15(14)8-12/h1-4,6,8,13H,5,7,9-11,17H2. The first-order chi connectivity index (χ1) is 9.76. The molecule has 104 valence electrons. The predicted molar refractivity (Wildman–Crippen MR) is 79.2 cm³/mol. The summed E-state index contributed by atoms with van der Waals surface area (Å²) in [5, 5.41) is 1.15. The largest absolute Gasteiger partial charge is 0.342 e. The molecule has 0 aliphatic carbocycles. The molecule has 0 saturated carbocycles. The van der Waals surface area contributed by atoms with Crippen molar-refractivity contribution < 1.29 is 4.79 Å². The highest BCUT2D eigenvalue weighted by Gasteiger charge is 2.27. The number of hydrogen-bond acceptors (Lipinski definition) is 3. The molecule has 1 aliphatic rings. The smallest absolute Gasteiger partial charge is 0.222 e. The van der Waals surface area contributed by atoms with Gasteiger partial charge in [0.1, 0.15) is 0 Å². The highest BCUT2D eigenvalue weighted by atomic mass is 16.2. The van der Waals surface area contributed by atoms with Crippen molar-refractivity contribution in [3.8, 4) is 0 Å². The molecule has 1 fully saturated rings. The lowest BCUT2D eigenvalue weighted by molar-refractivity contribution is -0.127. The predicted octanol–water partition coefficient (Wildman–Crippen LogP) is 1.58. The molecular weight excluding hydrogens is 250 g/mol. The molecule has 3 rings (SSSR count). The average Bonchev–Trinajstić information content (AvgIpc) is 2.85. The van der Waals surface area contributed by atoms with Crippen LogP contribution in [-0.4, -0.2) is 35.4 Å². The van der Waals surface area contributed by atoms with E-state index < -0.39 is 0 Å². The minimum atomic E-state index is 0.236. The molecule has 2 aromatic rings. The number of nitrogens with two attached hydrogens (primary N) is 1. The molecule has 4 nitrogen and oxygen atoms in total. The normalized spacial score (nSPS) is 18.9. The Labute approximate surface area is 118 Å². The van der Waals surface area contributed by atoms with E-state index in [1.165, 1.54) is 5.56 Å². The van der Waals surface area contributed by atoms with Crippen LogP contribution in [0.2, 0.25) is 0 Å². The summed E-state index contributed by atoms with van der Waals surface area (Å²) in [4.78, 5) is 18.1. The highest BCUT2D eigenvalue weighted by molar-refractivity contribution is 5.79. The van der Waals surface area contributed by atoms with Gasteiger partial charge < -0.3 is 10.6 Å². The zero-order valence-corrected chi connectivity index (χ0v) is 11.5. The Bertz CT molecular complexity index is 626. The topological polar surface area (TPSA) is 59.2 Å². The number of likely N-dealkylation sites (tertiary alicyclic amines) is 1. The van der Waals surface area contributed by atoms with Gasteiger partial charge in [0.2, 0.25) is 5.91 Å². The Morgan fingerprint density at radius 1 is 1.35 bits per heavy atom. The van der Waals surface area contributed by atoms with Crippen molar-refractivity contribution in [1.29, 1.82) is 0 Å². The number of rotatable bonds is 4. The van der Waals surface area contributed by atoms with Crippen LogP contribution < -0.4 is 5.73 Å². The molecule has 1 aliphatic heterocycles. The number of aromatic nitrogens is 1. The Balaban J connectivity index is 1.66. The molecule has 1 aromatic heterocycles.